The predicted octanol–water partition coefficient (Wildman–Crippen LogP) is 2.01. The van der Waals surface area contributed by atoms with Crippen LogP contribution in [0.4, 0.5) is 0 Å². The Balaban J connectivity index is 4.38. The number of primary amides is 1. The summed E-state index contributed by atoms with van der Waals surface area (Å²) in [5.41, 5.74) is 5.46. The average molecular weight is 214 g/mol. The molecule has 0 aromatic heterocycles. The van der Waals surface area contributed by atoms with E-state index in [1.807, 2.05) is 0 Å². The van der Waals surface area contributed by atoms with Gasteiger partial charge in [0.1, 0.15) is 0 Å². The van der Waals surface area contributed by atoms with E-state index in [1.165, 1.54) is 0 Å². The first-order chi connectivity index (χ1) is 7.08. The van der Waals surface area contributed by atoms with Gasteiger partial charge in [-0.1, -0.05) is 33.6 Å². The first-order valence-corrected chi connectivity index (χ1v) is 6.11. The van der Waals surface area contributed by atoms with E-state index in [0.29, 0.717) is 0 Å². The topological polar surface area (TPSA) is 46.3 Å². The highest BCUT2D eigenvalue weighted by Gasteiger charge is 2.25. The molecule has 0 radical (unpaired) electrons. The molecule has 3 heteroatoms. The molecule has 2 atom stereocenters. The van der Waals surface area contributed by atoms with Crippen LogP contribution < -0.4 is 5.73 Å². The molecule has 0 saturated carbocycles. The van der Waals surface area contributed by atoms with E-state index in [1.54, 1.807) is 0 Å². The van der Waals surface area contributed by atoms with Gasteiger partial charge in [0, 0.05) is 6.04 Å². The van der Waals surface area contributed by atoms with Crippen molar-refractivity contribution in [3.63, 3.8) is 0 Å². The highest BCUT2D eigenvalue weighted by molar-refractivity contribution is 5.77. The van der Waals surface area contributed by atoms with Gasteiger partial charge in [0.2, 0.25) is 5.91 Å². The normalized spacial score (nSPS) is 15.3. The summed E-state index contributed by atoms with van der Waals surface area (Å²) in [6, 6.07) is 0.268. The van der Waals surface area contributed by atoms with Crippen LogP contribution in [-0.2, 0) is 4.79 Å². The number of carbonyl (C=O) groups is 1. The van der Waals surface area contributed by atoms with E-state index in [0.717, 1.165) is 32.4 Å². The minimum atomic E-state index is -0.150. The molecule has 0 aliphatic rings. The van der Waals surface area contributed by atoms with Crippen molar-refractivity contribution in [1.29, 1.82) is 0 Å². The number of rotatable bonds is 8. The fourth-order valence-electron chi connectivity index (χ4n) is 2.10. The molecule has 3 nitrogen and oxygen atoms in total. The summed E-state index contributed by atoms with van der Waals surface area (Å²) < 4.78 is 0. The number of hydrogen-bond donors (Lipinski definition) is 1. The number of amides is 1. The van der Waals surface area contributed by atoms with Gasteiger partial charge in [0.05, 0.1) is 5.92 Å². The maximum absolute atomic E-state index is 11.4. The Morgan fingerprint density at radius 1 is 1.27 bits per heavy atom. The molecular weight excluding hydrogens is 188 g/mol. The van der Waals surface area contributed by atoms with Gasteiger partial charge in [-0.05, 0) is 26.4 Å². The minimum Gasteiger partial charge on any atom is -0.369 e. The zero-order valence-electron chi connectivity index (χ0n) is 10.6. The molecule has 0 aliphatic carbocycles. The molecule has 2 N–H and O–H groups in total. The lowest BCUT2D eigenvalue weighted by Gasteiger charge is -2.31. The standard InChI is InChI=1S/C12H26N2O/c1-5-8-9-11(12(13)15)10(4)14(6-2)7-3/h10-11H,5-9H2,1-4H3,(H2,13,15). The first-order valence-electron chi connectivity index (χ1n) is 6.11. The predicted molar refractivity (Wildman–Crippen MR) is 64.6 cm³/mol. The maximum atomic E-state index is 11.4. The number of unbranched alkanes of at least 4 members (excludes halogenated alkanes) is 1. The summed E-state index contributed by atoms with van der Waals surface area (Å²) in [6.45, 7) is 10.5. The number of nitrogens with zero attached hydrogens (tertiary/aromatic N) is 1. The molecule has 90 valence electrons. The van der Waals surface area contributed by atoms with Crippen LogP contribution in [0.2, 0.25) is 0 Å². The fraction of sp³-hybridized carbons (Fsp3) is 0.917. The summed E-state index contributed by atoms with van der Waals surface area (Å²) in [4.78, 5) is 13.7. The molecule has 0 heterocycles. The van der Waals surface area contributed by atoms with Gasteiger partial charge < -0.3 is 10.6 Å². The first kappa shape index (κ1) is 14.4. The summed E-state index contributed by atoms with van der Waals surface area (Å²) in [5, 5.41) is 0. The molecule has 0 saturated heterocycles. The quantitative estimate of drug-likeness (QED) is 0.672. The Kier molecular flexibility index (Phi) is 7.39. The molecule has 0 spiro atoms. The largest absolute Gasteiger partial charge is 0.369 e. The van der Waals surface area contributed by atoms with Crippen LogP contribution in [0.1, 0.15) is 47.0 Å². The molecular formula is C12H26N2O. The molecule has 0 fully saturated rings. The van der Waals surface area contributed by atoms with E-state index in [2.05, 4.69) is 32.6 Å². The SMILES string of the molecule is CCCCC(C(N)=O)C(C)N(CC)CC. The van der Waals surface area contributed by atoms with Gasteiger partial charge in [0.15, 0.2) is 0 Å². The lowest BCUT2D eigenvalue weighted by molar-refractivity contribution is -0.124. The Morgan fingerprint density at radius 2 is 1.80 bits per heavy atom. The zero-order chi connectivity index (χ0) is 11.8. The van der Waals surface area contributed by atoms with Gasteiger partial charge in [-0.25, -0.2) is 0 Å². The lowest BCUT2D eigenvalue weighted by atomic mass is 9.93. The highest BCUT2D eigenvalue weighted by Crippen LogP contribution is 2.17. The van der Waals surface area contributed by atoms with E-state index in [4.69, 9.17) is 5.73 Å². The van der Waals surface area contributed by atoms with Crippen molar-refractivity contribution < 1.29 is 4.79 Å². The second-order valence-electron chi connectivity index (χ2n) is 4.11. The molecule has 2 unspecified atom stereocenters. The van der Waals surface area contributed by atoms with Crippen molar-refractivity contribution in [2.24, 2.45) is 11.7 Å². The van der Waals surface area contributed by atoms with Crippen LogP contribution in [-0.4, -0.2) is 29.9 Å². The minimum absolute atomic E-state index is 0.00449. The highest BCUT2D eigenvalue weighted by atomic mass is 16.1. The van der Waals surface area contributed by atoms with Crippen LogP contribution in [0.25, 0.3) is 0 Å². The van der Waals surface area contributed by atoms with Crippen molar-refractivity contribution in [3.05, 3.63) is 0 Å². The second-order valence-corrected chi connectivity index (χ2v) is 4.11. The summed E-state index contributed by atoms with van der Waals surface area (Å²) >= 11 is 0. The number of hydrogen-bond acceptors (Lipinski definition) is 2. The lowest BCUT2D eigenvalue weighted by Crippen LogP contribution is -2.43. The molecule has 0 bridgehead atoms. The van der Waals surface area contributed by atoms with Gasteiger partial charge >= 0.3 is 0 Å². The van der Waals surface area contributed by atoms with Gasteiger partial charge in [-0.2, -0.15) is 0 Å². The van der Waals surface area contributed by atoms with Crippen molar-refractivity contribution in [2.75, 3.05) is 13.1 Å². The van der Waals surface area contributed by atoms with Crippen molar-refractivity contribution in [1.82, 2.24) is 4.90 Å². The third-order valence-corrected chi connectivity index (χ3v) is 3.20. The van der Waals surface area contributed by atoms with Crippen molar-refractivity contribution >= 4 is 5.91 Å². The van der Waals surface area contributed by atoms with Crippen LogP contribution in [0.5, 0.6) is 0 Å². The van der Waals surface area contributed by atoms with Crippen LogP contribution in [0.15, 0.2) is 0 Å². The van der Waals surface area contributed by atoms with Crippen LogP contribution >= 0.6 is 0 Å². The Hall–Kier alpha value is -0.570. The molecule has 0 aromatic carbocycles. The molecule has 15 heavy (non-hydrogen) atoms. The van der Waals surface area contributed by atoms with E-state index >= 15 is 0 Å². The average Bonchev–Trinajstić information content (AvgIpc) is 2.19. The Labute approximate surface area is 94.0 Å². The van der Waals surface area contributed by atoms with Gasteiger partial charge in [0.25, 0.3) is 0 Å². The Bertz CT molecular complexity index is 178. The van der Waals surface area contributed by atoms with Crippen molar-refractivity contribution in [3.8, 4) is 0 Å². The van der Waals surface area contributed by atoms with E-state index < -0.39 is 0 Å². The molecule has 1 amide bonds. The van der Waals surface area contributed by atoms with Gasteiger partial charge in [-0.15, -0.1) is 0 Å². The molecule has 0 aliphatic heterocycles. The smallest absolute Gasteiger partial charge is 0.222 e. The van der Waals surface area contributed by atoms with E-state index in [-0.39, 0.29) is 17.9 Å². The maximum Gasteiger partial charge on any atom is 0.222 e. The third-order valence-electron chi connectivity index (χ3n) is 3.20. The summed E-state index contributed by atoms with van der Waals surface area (Å²) in [5.74, 6) is -0.146. The fourth-order valence-corrected chi connectivity index (χ4v) is 2.10. The van der Waals surface area contributed by atoms with E-state index in [9.17, 15) is 4.79 Å². The number of carbonyl (C=O) groups excluding carboxylic acids is 1. The van der Waals surface area contributed by atoms with Crippen molar-refractivity contribution in [2.45, 2.75) is 53.0 Å². The third kappa shape index (κ3) is 4.65. The molecule has 0 rings (SSSR count). The second kappa shape index (κ2) is 7.69. The van der Waals surface area contributed by atoms with Crippen LogP contribution in [0, 0.1) is 5.92 Å². The zero-order valence-corrected chi connectivity index (χ0v) is 10.6. The monoisotopic (exact) mass is 214 g/mol. The Morgan fingerprint density at radius 3 is 2.13 bits per heavy atom. The summed E-state index contributed by atoms with van der Waals surface area (Å²) in [7, 11) is 0. The van der Waals surface area contributed by atoms with Crippen LogP contribution in [0.3, 0.4) is 0 Å². The number of nitrogens with two attached hydrogens (primary N) is 1. The summed E-state index contributed by atoms with van der Waals surface area (Å²) in [6.07, 6.45) is 3.12. The molecule has 0 aromatic rings. The van der Waals surface area contributed by atoms with Gasteiger partial charge in [-0.3, -0.25) is 4.79 Å².